The average molecular weight is 437 g/mol. The number of cyclic esters (lactones) is 1. The normalized spacial score (nSPS) is 20.2. The molecule has 2 N–H and O–H groups in total. The predicted octanol–water partition coefficient (Wildman–Crippen LogP) is 1.33. The minimum absolute atomic E-state index is 0.196. The van der Waals surface area contributed by atoms with E-state index in [0.717, 1.165) is 0 Å². The van der Waals surface area contributed by atoms with Gasteiger partial charge in [-0.05, 0) is 50.6 Å². The number of nitrogens with zero attached hydrogens (tertiary/aromatic N) is 4. The van der Waals surface area contributed by atoms with Crippen LogP contribution in [-0.4, -0.2) is 63.5 Å². The van der Waals surface area contributed by atoms with Crippen molar-refractivity contribution in [2.45, 2.75) is 78.1 Å². The van der Waals surface area contributed by atoms with E-state index in [4.69, 9.17) is 9.47 Å². The van der Waals surface area contributed by atoms with Crippen molar-refractivity contribution in [3.63, 3.8) is 0 Å². The van der Waals surface area contributed by atoms with Gasteiger partial charge in [-0.3, -0.25) is 9.59 Å². The number of ether oxygens (including phenoxy) is 2. The summed E-state index contributed by atoms with van der Waals surface area (Å²) in [5, 5.41) is 18.8. The Balaban J connectivity index is 2.29. The summed E-state index contributed by atoms with van der Waals surface area (Å²) in [4.78, 5) is 23.8. The second-order valence-corrected chi connectivity index (χ2v) is 9.53. The van der Waals surface area contributed by atoms with Crippen LogP contribution in [0.2, 0.25) is 0 Å². The molecule has 0 radical (unpaired) electrons. The third-order valence-electron chi connectivity index (χ3n) is 5.54. The van der Waals surface area contributed by atoms with Crippen LogP contribution in [0.5, 0.6) is 0 Å². The molecule has 2 heterocycles. The molecule has 2 unspecified atom stereocenters. The average Bonchev–Trinajstić information content (AvgIpc) is 3.23. The summed E-state index contributed by atoms with van der Waals surface area (Å²) in [7, 11) is 0. The molecule has 2 rings (SSSR count). The number of hydrogen-bond acceptors (Lipinski definition) is 8. The molecule has 1 fully saturated rings. The van der Waals surface area contributed by atoms with Crippen molar-refractivity contribution in [1.29, 1.82) is 0 Å². The van der Waals surface area contributed by atoms with Crippen LogP contribution in [0.25, 0.3) is 0 Å². The molecule has 1 saturated heterocycles. The van der Waals surface area contributed by atoms with Gasteiger partial charge >= 0.3 is 5.97 Å². The summed E-state index contributed by atoms with van der Waals surface area (Å²) < 4.78 is 12.7. The molecule has 10 heteroatoms. The van der Waals surface area contributed by atoms with E-state index in [1.807, 2.05) is 41.5 Å². The zero-order chi connectivity index (χ0) is 23.3. The van der Waals surface area contributed by atoms with Crippen molar-refractivity contribution in [3.05, 3.63) is 18.5 Å². The van der Waals surface area contributed by atoms with Gasteiger partial charge in [-0.25, -0.2) is 4.68 Å². The minimum Gasteiger partial charge on any atom is -0.460 e. The molecule has 0 bridgehead atoms. The highest BCUT2D eigenvalue weighted by atomic mass is 16.6. The van der Waals surface area contributed by atoms with E-state index in [1.165, 1.54) is 6.08 Å². The molecule has 2 atom stereocenters. The Hall–Kier alpha value is -2.33. The van der Waals surface area contributed by atoms with E-state index in [1.54, 1.807) is 4.68 Å². The van der Waals surface area contributed by atoms with Crippen LogP contribution >= 0.6 is 0 Å². The van der Waals surface area contributed by atoms with Gasteiger partial charge in [0.25, 0.3) is 0 Å². The highest BCUT2D eigenvalue weighted by Gasteiger charge is 2.44. The molecule has 1 amide bonds. The number of nitrogens with one attached hydrogen (secondary N) is 2. The molecule has 1 aliphatic heterocycles. The third-order valence-corrected chi connectivity index (χ3v) is 5.54. The van der Waals surface area contributed by atoms with Crippen LogP contribution < -0.4 is 10.6 Å². The van der Waals surface area contributed by atoms with Gasteiger partial charge in [0.1, 0.15) is 6.10 Å². The second kappa shape index (κ2) is 9.86. The second-order valence-electron chi connectivity index (χ2n) is 9.53. The first kappa shape index (κ1) is 24.9. The maximum absolute atomic E-state index is 12.0. The Morgan fingerprint density at radius 3 is 2.71 bits per heavy atom. The van der Waals surface area contributed by atoms with Crippen molar-refractivity contribution in [3.8, 4) is 0 Å². The quantitative estimate of drug-likeness (QED) is 0.286. The Morgan fingerprint density at radius 2 is 2.13 bits per heavy atom. The van der Waals surface area contributed by atoms with Crippen LogP contribution in [0.15, 0.2) is 12.7 Å². The molecule has 0 aromatic carbocycles. The Labute approximate surface area is 184 Å². The van der Waals surface area contributed by atoms with Gasteiger partial charge in [-0.1, -0.05) is 20.4 Å². The maximum atomic E-state index is 12.0. The first-order valence-corrected chi connectivity index (χ1v) is 10.7. The molecule has 1 aromatic heterocycles. The van der Waals surface area contributed by atoms with E-state index in [-0.39, 0.29) is 23.4 Å². The number of amides is 1. The fraction of sp³-hybridized carbons (Fsp3) is 0.762. The third kappa shape index (κ3) is 6.57. The van der Waals surface area contributed by atoms with Crippen molar-refractivity contribution in [2.24, 2.45) is 5.41 Å². The standard InChI is InChI=1S/C21H36N6O4/c1-8-16(28)23-20(5,6)14-21(7,18-24-25-26-27(18)10-11-30-9-2)22-13-15-19(3,4)12-17(29)31-15/h8,15,22H,1,9-14H2,2-7H3,(H,23,28). The molecule has 0 spiro atoms. The van der Waals surface area contributed by atoms with Crippen molar-refractivity contribution in [2.75, 3.05) is 19.8 Å². The molecule has 0 aliphatic carbocycles. The van der Waals surface area contributed by atoms with Crippen molar-refractivity contribution in [1.82, 2.24) is 30.8 Å². The molecule has 1 aromatic rings. The van der Waals surface area contributed by atoms with Gasteiger partial charge in [0.2, 0.25) is 5.91 Å². The maximum Gasteiger partial charge on any atom is 0.306 e. The zero-order valence-electron chi connectivity index (χ0n) is 19.5. The summed E-state index contributed by atoms with van der Waals surface area (Å²) in [5.74, 6) is 0.169. The fourth-order valence-corrected chi connectivity index (χ4v) is 4.06. The lowest BCUT2D eigenvalue weighted by molar-refractivity contribution is -0.141. The summed E-state index contributed by atoms with van der Waals surface area (Å²) in [6.45, 7) is 17.4. The number of esters is 1. The summed E-state index contributed by atoms with van der Waals surface area (Å²) in [6, 6.07) is 0. The van der Waals surface area contributed by atoms with E-state index in [2.05, 4.69) is 32.7 Å². The van der Waals surface area contributed by atoms with Gasteiger partial charge < -0.3 is 20.1 Å². The Kier molecular flexibility index (Phi) is 7.93. The Morgan fingerprint density at radius 1 is 1.42 bits per heavy atom. The predicted molar refractivity (Wildman–Crippen MR) is 115 cm³/mol. The highest BCUT2D eigenvalue weighted by Crippen LogP contribution is 2.36. The number of carbonyl (C=O) groups is 2. The summed E-state index contributed by atoms with van der Waals surface area (Å²) in [5.41, 5.74) is -1.59. The molecule has 10 nitrogen and oxygen atoms in total. The van der Waals surface area contributed by atoms with Crippen LogP contribution in [0.3, 0.4) is 0 Å². The van der Waals surface area contributed by atoms with Crippen molar-refractivity contribution >= 4 is 11.9 Å². The van der Waals surface area contributed by atoms with E-state index >= 15 is 0 Å². The number of aromatic nitrogens is 4. The van der Waals surface area contributed by atoms with E-state index in [0.29, 0.717) is 45.0 Å². The first-order chi connectivity index (χ1) is 14.4. The van der Waals surface area contributed by atoms with Crippen molar-refractivity contribution < 1.29 is 19.1 Å². The van der Waals surface area contributed by atoms with Crippen LogP contribution in [0.4, 0.5) is 0 Å². The van der Waals surface area contributed by atoms with Gasteiger partial charge in [0, 0.05) is 24.1 Å². The Bertz CT molecular complexity index is 791. The topological polar surface area (TPSA) is 120 Å². The monoisotopic (exact) mass is 436 g/mol. The fourth-order valence-electron chi connectivity index (χ4n) is 4.06. The molecular formula is C21H36N6O4. The molecule has 174 valence electrons. The highest BCUT2D eigenvalue weighted by molar-refractivity contribution is 5.87. The minimum atomic E-state index is -0.723. The molecule has 0 saturated carbocycles. The van der Waals surface area contributed by atoms with Gasteiger partial charge in [0.15, 0.2) is 5.82 Å². The van der Waals surface area contributed by atoms with Gasteiger partial charge in [0.05, 0.1) is 25.1 Å². The van der Waals surface area contributed by atoms with Crippen LogP contribution in [0, 0.1) is 5.41 Å². The lowest BCUT2D eigenvalue weighted by Crippen LogP contribution is -2.54. The number of rotatable bonds is 12. The lowest BCUT2D eigenvalue weighted by Gasteiger charge is -2.39. The number of carbonyl (C=O) groups excluding carboxylic acids is 2. The van der Waals surface area contributed by atoms with E-state index < -0.39 is 11.1 Å². The van der Waals surface area contributed by atoms with Crippen LogP contribution in [-0.2, 0) is 31.1 Å². The number of hydrogen-bond donors (Lipinski definition) is 2. The van der Waals surface area contributed by atoms with Gasteiger partial charge in [-0.15, -0.1) is 5.10 Å². The molecular weight excluding hydrogens is 400 g/mol. The van der Waals surface area contributed by atoms with Gasteiger partial charge in [-0.2, -0.15) is 0 Å². The summed E-state index contributed by atoms with van der Waals surface area (Å²) >= 11 is 0. The molecule has 1 aliphatic rings. The number of tetrazole rings is 1. The first-order valence-electron chi connectivity index (χ1n) is 10.7. The molecule has 31 heavy (non-hydrogen) atoms. The largest absolute Gasteiger partial charge is 0.460 e. The SMILES string of the molecule is C=CC(=O)NC(C)(C)CC(C)(NCC1OC(=O)CC1(C)C)c1nnnn1CCOCC. The summed E-state index contributed by atoms with van der Waals surface area (Å²) in [6.07, 6.45) is 1.83. The lowest BCUT2D eigenvalue weighted by atomic mass is 9.82. The smallest absolute Gasteiger partial charge is 0.306 e. The zero-order valence-corrected chi connectivity index (χ0v) is 19.5. The van der Waals surface area contributed by atoms with E-state index in [9.17, 15) is 9.59 Å². The van der Waals surface area contributed by atoms with Crippen LogP contribution in [0.1, 0.15) is 60.2 Å².